The molecule has 2 aromatic carbocycles. The average molecular weight is 404 g/mol. The number of furan rings is 1. The number of imidazole rings is 1. The Labute approximate surface area is 174 Å². The summed E-state index contributed by atoms with van der Waals surface area (Å²) in [6.45, 7) is 3.71. The molecule has 0 saturated carbocycles. The van der Waals surface area contributed by atoms with E-state index in [0.717, 1.165) is 41.9 Å². The van der Waals surface area contributed by atoms with E-state index in [0.29, 0.717) is 30.2 Å². The van der Waals surface area contributed by atoms with Crippen molar-refractivity contribution in [1.82, 2.24) is 19.4 Å². The van der Waals surface area contributed by atoms with Gasteiger partial charge in [-0.15, -0.1) is 0 Å². The SMILES string of the molecule is COc1cccc2cc(C(=O)N3CCN(Cc4nc5ccccc5n4C)CC3)oc12. The summed E-state index contributed by atoms with van der Waals surface area (Å²) >= 11 is 0. The van der Waals surface area contributed by atoms with Crippen LogP contribution in [0, 0.1) is 0 Å². The van der Waals surface area contributed by atoms with Crippen LogP contribution in [-0.4, -0.2) is 58.5 Å². The Morgan fingerprint density at radius 1 is 1.10 bits per heavy atom. The van der Waals surface area contributed by atoms with Gasteiger partial charge in [-0.05, 0) is 24.3 Å². The van der Waals surface area contributed by atoms with E-state index in [-0.39, 0.29) is 5.91 Å². The lowest BCUT2D eigenvalue weighted by molar-refractivity contribution is 0.0596. The van der Waals surface area contributed by atoms with Crippen LogP contribution in [0.1, 0.15) is 16.4 Å². The van der Waals surface area contributed by atoms with Gasteiger partial charge in [-0.1, -0.05) is 24.3 Å². The van der Waals surface area contributed by atoms with Gasteiger partial charge in [-0.25, -0.2) is 4.98 Å². The normalized spacial score (nSPS) is 15.2. The van der Waals surface area contributed by atoms with Gasteiger partial charge in [0.25, 0.3) is 5.91 Å². The van der Waals surface area contributed by atoms with E-state index >= 15 is 0 Å². The van der Waals surface area contributed by atoms with Crippen LogP contribution >= 0.6 is 0 Å². The molecule has 1 fully saturated rings. The van der Waals surface area contributed by atoms with Gasteiger partial charge in [0.1, 0.15) is 5.82 Å². The topological polar surface area (TPSA) is 63.7 Å². The second kappa shape index (κ2) is 7.50. The zero-order valence-corrected chi connectivity index (χ0v) is 17.2. The summed E-state index contributed by atoms with van der Waals surface area (Å²) < 4.78 is 13.3. The van der Waals surface area contributed by atoms with Gasteiger partial charge in [0.2, 0.25) is 0 Å². The molecule has 5 rings (SSSR count). The standard InChI is InChI=1S/C23H24N4O3/c1-25-18-8-4-3-7-17(18)24-21(25)15-26-10-12-27(13-11-26)23(28)20-14-16-6-5-9-19(29-2)22(16)30-20/h3-9,14H,10-13,15H2,1-2H3. The van der Waals surface area contributed by atoms with Crippen molar-refractivity contribution >= 4 is 27.9 Å². The first-order valence-electron chi connectivity index (χ1n) is 10.1. The van der Waals surface area contributed by atoms with E-state index in [1.54, 1.807) is 13.2 Å². The highest BCUT2D eigenvalue weighted by atomic mass is 16.5. The molecule has 7 nitrogen and oxygen atoms in total. The molecule has 1 aliphatic rings. The van der Waals surface area contributed by atoms with Crippen molar-refractivity contribution in [2.24, 2.45) is 7.05 Å². The van der Waals surface area contributed by atoms with Crippen LogP contribution in [0.4, 0.5) is 0 Å². The van der Waals surface area contributed by atoms with Crippen LogP contribution in [0.15, 0.2) is 52.9 Å². The maximum Gasteiger partial charge on any atom is 0.289 e. The molecule has 0 bridgehead atoms. The predicted molar refractivity (Wildman–Crippen MR) is 115 cm³/mol. The third kappa shape index (κ3) is 3.21. The average Bonchev–Trinajstić information content (AvgIpc) is 3.35. The van der Waals surface area contributed by atoms with E-state index in [1.165, 1.54) is 0 Å². The maximum atomic E-state index is 13.0. The number of amides is 1. The van der Waals surface area contributed by atoms with Crippen molar-refractivity contribution in [3.63, 3.8) is 0 Å². The molecule has 1 saturated heterocycles. The summed E-state index contributed by atoms with van der Waals surface area (Å²) in [4.78, 5) is 21.9. The van der Waals surface area contributed by atoms with Crippen molar-refractivity contribution in [1.29, 1.82) is 0 Å². The summed E-state index contributed by atoms with van der Waals surface area (Å²) in [7, 11) is 3.66. The number of ether oxygens (including phenoxy) is 1. The minimum atomic E-state index is -0.0735. The highest BCUT2D eigenvalue weighted by Gasteiger charge is 2.26. The number of nitrogens with zero attached hydrogens (tertiary/aromatic N) is 4. The molecule has 4 aromatic rings. The van der Waals surface area contributed by atoms with Crippen LogP contribution < -0.4 is 4.74 Å². The van der Waals surface area contributed by atoms with Crippen molar-refractivity contribution in [3.05, 3.63) is 60.1 Å². The van der Waals surface area contributed by atoms with Crippen LogP contribution in [0.5, 0.6) is 5.75 Å². The zero-order valence-electron chi connectivity index (χ0n) is 17.2. The fraction of sp³-hybridized carbons (Fsp3) is 0.304. The van der Waals surface area contributed by atoms with Crippen molar-refractivity contribution in [2.75, 3.05) is 33.3 Å². The first-order valence-corrected chi connectivity index (χ1v) is 10.1. The predicted octanol–water partition coefficient (Wildman–Crippen LogP) is 3.29. The molecule has 2 aromatic heterocycles. The Hall–Kier alpha value is -3.32. The smallest absolute Gasteiger partial charge is 0.289 e. The van der Waals surface area contributed by atoms with Gasteiger partial charge in [0.15, 0.2) is 17.1 Å². The molecule has 154 valence electrons. The molecule has 0 unspecified atom stereocenters. The molecule has 0 aliphatic carbocycles. The lowest BCUT2D eigenvalue weighted by Crippen LogP contribution is -2.48. The second-order valence-corrected chi connectivity index (χ2v) is 7.63. The number of benzene rings is 2. The number of piperazine rings is 1. The Kier molecular flexibility index (Phi) is 4.67. The summed E-state index contributed by atoms with van der Waals surface area (Å²) in [5.41, 5.74) is 2.77. The van der Waals surface area contributed by atoms with E-state index in [1.807, 2.05) is 41.3 Å². The quantitative estimate of drug-likeness (QED) is 0.522. The molecule has 1 aliphatic heterocycles. The largest absolute Gasteiger partial charge is 0.493 e. The van der Waals surface area contributed by atoms with E-state index in [2.05, 4.69) is 22.6 Å². The third-order valence-corrected chi connectivity index (χ3v) is 5.84. The fourth-order valence-electron chi connectivity index (χ4n) is 4.10. The number of carbonyl (C=O) groups is 1. The van der Waals surface area contributed by atoms with Crippen molar-refractivity contribution in [2.45, 2.75) is 6.54 Å². The summed E-state index contributed by atoms with van der Waals surface area (Å²) in [6, 6.07) is 15.6. The van der Waals surface area contributed by atoms with E-state index < -0.39 is 0 Å². The summed E-state index contributed by atoms with van der Waals surface area (Å²) in [5, 5.41) is 0.873. The third-order valence-electron chi connectivity index (χ3n) is 5.84. The molecular weight excluding hydrogens is 380 g/mol. The first kappa shape index (κ1) is 18.7. The van der Waals surface area contributed by atoms with Gasteiger partial charge in [-0.3, -0.25) is 9.69 Å². The highest BCUT2D eigenvalue weighted by Crippen LogP contribution is 2.29. The number of para-hydroxylation sites is 3. The Morgan fingerprint density at radius 2 is 1.90 bits per heavy atom. The molecule has 0 atom stereocenters. The van der Waals surface area contributed by atoms with Gasteiger partial charge >= 0.3 is 0 Å². The van der Waals surface area contributed by atoms with E-state index in [9.17, 15) is 4.79 Å². The number of hydrogen-bond acceptors (Lipinski definition) is 5. The van der Waals surface area contributed by atoms with E-state index in [4.69, 9.17) is 14.1 Å². The minimum absolute atomic E-state index is 0.0735. The molecular formula is C23H24N4O3. The number of aromatic nitrogens is 2. The maximum absolute atomic E-state index is 13.0. The van der Waals surface area contributed by atoms with Crippen LogP contribution in [-0.2, 0) is 13.6 Å². The number of carbonyl (C=O) groups excluding carboxylic acids is 1. The monoisotopic (exact) mass is 404 g/mol. The summed E-state index contributed by atoms with van der Waals surface area (Å²) in [5.74, 6) is 1.97. The van der Waals surface area contributed by atoms with Crippen LogP contribution in [0.25, 0.3) is 22.0 Å². The number of aryl methyl sites for hydroxylation is 1. The Morgan fingerprint density at radius 3 is 2.67 bits per heavy atom. The number of hydrogen-bond donors (Lipinski definition) is 0. The molecule has 0 spiro atoms. The summed E-state index contributed by atoms with van der Waals surface area (Å²) in [6.07, 6.45) is 0. The van der Waals surface area contributed by atoms with Crippen molar-refractivity contribution in [3.8, 4) is 5.75 Å². The lowest BCUT2D eigenvalue weighted by atomic mass is 10.2. The number of fused-ring (bicyclic) bond motifs is 2. The fourth-order valence-corrected chi connectivity index (χ4v) is 4.10. The van der Waals surface area contributed by atoms with Gasteiger partial charge in [0.05, 0.1) is 24.7 Å². The zero-order chi connectivity index (χ0) is 20.7. The van der Waals surface area contributed by atoms with Crippen LogP contribution in [0.3, 0.4) is 0 Å². The molecule has 0 N–H and O–H groups in total. The molecule has 1 amide bonds. The number of rotatable bonds is 4. The lowest BCUT2D eigenvalue weighted by Gasteiger charge is -2.34. The van der Waals surface area contributed by atoms with Gasteiger partial charge < -0.3 is 18.6 Å². The van der Waals surface area contributed by atoms with Gasteiger partial charge in [-0.2, -0.15) is 0 Å². The molecule has 7 heteroatoms. The van der Waals surface area contributed by atoms with Crippen molar-refractivity contribution < 1.29 is 13.9 Å². The van der Waals surface area contributed by atoms with Gasteiger partial charge in [0, 0.05) is 38.6 Å². The minimum Gasteiger partial charge on any atom is -0.493 e. The molecule has 3 heterocycles. The first-order chi connectivity index (χ1) is 14.6. The van der Waals surface area contributed by atoms with Crippen LogP contribution in [0.2, 0.25) is 0 Å². The number of methoxy groups -OCH3 is 1. The Bertz CT molecular complexity index is 1220. The second-order valence-electron chi connectivity index (χ2n) is 7.63. The highest BCUT2D eigenvalue weighted by molar-refractivity contribution is 5.97. The molecule has 0 radical (unpaired) electrons. The molecule has 30 heavy (non-hydrogen) atoms. The Balaban J connectivity index is 1.26.